The molecule has 1 saturated carbocycles. The highest BCUT2D eigenvalue weighted by Crippen LogP contribution is 2.19. The van der Waals surface area contributed by atoms with Crippen LogP contribution in [0.5, 0.6) is 0 Å². The molecule has 1 aliphatic carbocycles. The standard InChI is InChI=1S/C19H31N3O2S/c1-15(2)22-12-11-18(14-22)21-25(23,24)19-9-7-16(8-10-19)13-20-17-5-3-4-6-17/h7-10,15,17-18,20-21H,3-6,11-14H2,1-2H3. The third-order valence-corrected chi connectivity index (χ3v) is 6.99. The SMILES string of the molecule is CC(C)N1CCC(NS(=O)(=O)c2ccc(CNC3CCCC3)cc2)C1. The maximum absolute atomic E-state index is 12.6. The van der Waals surface area contributed by atoms with Crippen molar-refractivity contribution in [1.29, 1.82) is 0 Å². The normalized spacial score (nSPS) is 22.9. The van der Waals surface area contributed by atoms with Gasteiger partial charge in [0.05, 0.1) is 4.90 Å². The van der Waals surface area contributed by atoms with Gasteiger partial charge in [0.25, 0.3) is 0 Å². The molecule has 1 aliphatic heterocycles. The van der Waals surface area contributed by atoms with Gasteiger partial charge >= 0.3 is 0 Å². The minimum atomic E-state index is -3.44. The van der Waals surface area contributed by atoms with Crippen LogP contribution in [-0.4, -0.2) is 44.5 Å². The molecule has 2 aliphatic rings. The average Bonchev–Trinajstić information content (AvgIpc) is 3.24. The second kappa shape index (κ2) is 8.16. The van der Waals surface area contributed by atoms with Crippen molar-refractivity contribution in [1.82, 2.24) is 14.9 Å². The van der Waals surface area contributed by atoms with Crippen LogP contribution in [0.25, 0.3) is 0 Å². The van der Waals surface area contributed by atoms with Gasteiger partial charge in [-0.25, -0.2) is 13.1 Å². The van der Waals surface area contributed by atoms with Crippen molar-refractivity contribution in [2.75, 3.05) is 13.1 Å². The van der Waals surface area contributed by atoms with Crippen LogP contribution in [0.4, 0.5) is 0 Å². The predicted octanol–water partition coefficient (Wildman–Crippen LogP) is 2.48. The van der Waals surface area contributed by atoms with Crippen LogP contribution < -0.4 is 10.0 Å². The largest absolute Gasteiger partial charge is 0.310 e. The van der Waals surface area contributed by atoms with E-state index in [0.29, 0.717) is 17.0 Å². The molecule has 25 heavy (non-hydrogen) atoms. The maximum Gasteiger partial charge on any atom is 0.240 e. The smallest absolute Gasteiger partial charge is 0.240 e. The maximum atomic E-state index is 12.6. The highest BCUT2D eigenvalue weighted by molar-refractivity contribution is 7.89. The Labute approximate surface area is 152 Å². The second-order valence-electron chi connectivity index (χ2n) is 7.70. The molecule has 1 heterocycles. The van der Waals surface area contributed by atoms with Gasteiger partial charge in [-0.15, -0.1) is 0 Å². The van der Waals surface area contributed by atoms with E-state index in [9.17, 15) is 8.42 Å². The van der Waals surface area contributed by atoms with Gasteiger partial charge in [0.15, 0.2) is 0 Å². The minimum Gasteiger partial charge on any atom is -0.310 e. The molecule has 2 fully saturated rings. The molecule has 1 saturated heterocycles. The van der Waals surface area contributed by atoms with Crippen molar-refractivity contribution >= 4 is 10.0 Å². The molecule has 0 bridgehead atoms. The first-order valence-corrected chi connectivity index (χ1v) is 11.0. The molecule has 6 heteroatoms. The summed E-state index contributed by atoms with van der Waals surface area (Å²) < 4.78 is 28.1. The summed E-state index contributed by atoms with van der Waals surface area (Å²) in [6, 6.07) is 8.39. The molecule has 0 spiro atoms. The zero-order valence-corrected chi connectivity index (χ0v) is 16.2. The summed E-state index contributed by atoms with van der Waals surface area (Å²) in [6.45, 7) is 6.85. The monoisotopic (exact) mass is 365 g/mol. The molecule has 1 aromatic rings. The van der Waals surface area contributed by atoms with E-state index in [1.807, 2.05) is 12.1 Å². The summed E-state index contributed by atoms with van der Waals surface area (Å²) in [5.41, 5.74) is 1.14. The highest BCUT2D eigenvalue weighted by atomic mass is 32.2. The zero-order chi connectivity index (χ0) is 17.9. The fourth-order valence-electron chi connectivity index (χ4n) is 3.82. The van der Waals surface area contributed by atoms with Crippen LogP contribution in [-0.2, 0) is 16.6 Å². The van der Waals surface area contributed by atoms with Crippen LogP contribution in [0.1, 0.15) is 51.5 Å². The van der Waals surface area contributed by atoms with Crippen molar-refractivity contribution < 1.29 is 8.42 Å². The first kappa shape index (κ1) is 18.8. The van der Waals surface area contributed by atoms with Crippen LogP contribution >= 0.6 is 0 Å². The van der Waals surface area contributed by atoms with Crippen LogP contribution in [0.3, 0.4) is 0 Å². The lowest BCUT2D eigenvalue weighted by molar-refractivity contribution is 0.271. The summed E-state index contributed by atoms with van der Waals surface area (Å²) in [4.78, 5) is 2.67. The lowest BCUT2D eigenvalue weighted by Crippen LogP contribution is -2.38. The number of sulfonamides is 1. The summed E-state index contributed by atoms with van der Waals surface area (Å²) in [6.07, 6.45) is 6.02. The third-order valence-electron chi connectivity index (χ3n) is 5.46. The topological polar surface area (TPSA) is 61.4 Å². The second-order valence-corrected chi connectivity index (χ2v) is 9.42. The van der Waals surface area contributed by atoms with Gasteiger partial charge in [0.1, 0.15) is 0 Å². The Kier molecular flexibility index (Phi) is 6.15. The van der Waals surface area contributed by atoms with Crippen molar-refractivity contribution in [3.63, 3.8) is 0 Å². The van der Waals surface area contributed by atoms with Gasteiger partial charge in [-0.1, -0.05) is 25.0 Å². The predicted molar refractivity (Wildman–Crippen MR) is 101 cm³/mol. The Morgan fingerprint density at radius 1 is 1.08 bits per heavy atom. The summed E-state index contributed by atoms with van der Waals surface area (Å²) in [5.74, 6) is 0. The quantitative estimate of drug-likeness (QED) is 0.779. The van der Waals surface area contributed by atoms with Crippen molar-refractivity contribution in [2.24, 2.45) is 0 Å². The summed E-state index contributed by atoms with van der Waals surface area (Å²) >= 11 is 0. The fourth-order valence-corrected chi connectivity index (χ4v) is 5.08. The van der Waals surface area contributed by atoms with E-state index in [-0.39, 0.29) is 6.04 Å². The Morgan fingerprint density at radius 3 is 2.36 bits per heavy atom. The first-order chi connectivity index (χ1) is 11.9. The van der Waals surface area contributed by atoms with E-state index in [1.54, 1.807) is 12.1 Å². The Balaban J connectivity index is 1.55. The molecular formula is C19H31N3O2S. The Bertz CT molecular complexity index is 652. The van der Waals surface area contributed by atoms with Crippen LogP contribution in [0.15, 0.2) is 29.2 Å². The third kappa shape index (κ3) is 5.03. The average molecular weight is 366 g/mol. The number of nitrogens with zero attached hydrogens (tertiary/aromatic N) is 1. The summed E-state index contributed by atoms with van der Waals surface area (Å²) in [7, 11) is -3.44. The number of benzene rings is 1. The first-order valence-electron chi connectivity index (χ1n) is 9.53. The molecular weight excluding hydrogens is 334 g/mol. The van der Waals surface area contributed by atoms with Gasteiger partial charge < -0.3 is 5.32 Å². The van der Waals surface area contributed by atoms with E-state index >= 15 is 0 Å². The number of nitrogens with one attached hydrogen (secondary N) is 2. The van der Waals surface area contributed by atoms with Gasteiger partial charge in [0.2, 0.25) is 10.0 Å². The fraction of sp³-hybridized carbons (Fsp3) is 0.684. The molecule has 0 amide bonds. The minimum absolute atomic E-state index is 0.0103. The van der Waals surface area contributed by atoms with Gasteiger partial charge in [0, 0.05) is 37.8 Å². The van der Waals surface area contributed by atoms with Crippen LogP contribution in [0, 0.1) is 0 Å². The Hall–Kier alpha value is -0.950. The van der Waals surface area contributed by atoms with Crippen LogP contribution in [0.2, 0.25) is 0 Å². The van der Waals surface area contributed by atoms with E-state index in [2.05, 4.69) is 28.8 Å². The molecule has 3 rings (SSSR count). The molecule has 140 valence electrons. The molecule has 1 atom stereocenters. The number of hydrogen-bond donors (Lipinski definition) is 2. The van der Waals surface area contributed by atoms with E-state index in [4.69, 9.17) is 0 Å². The lowest BCUT2D eigenvalue weighted by atomic mass is 10.2. The van der Waals surface area contributed by atoms with E-state index in [0.717, 1.165) is 31.6 Å². The molecule has 2 N–H and O–H groups in total. The zero-order valence-electron chi connectivity index (χ0n) is 15.4. The van der Waals surface area contributed by atoms with Gasteiger partial charge in [-0.2, -0.15) is 0 Å². The molecule has 0 radical (unpaired) electrons. The number of likely N-dealkylation sites (tertiary alicyclic amines) is 1. The number of rotatable bonds is 7. The summed E-state index contributed by atoms with van der Waals surface area (Å²) in [5, 5.41) is 3.56. The molecule has 1 aromatic carbocycles. The van der Waals surface area contributed by atoms with Crippen molar-refractivity contribution in [2.45, 2.75) is 75.5 Å². The highest BCUT2D eigenvalue weighted by Gasteiger charge is 2.28. The van der Waals surface area contributed by atoms with E-state index < -0.39 is 10.0 Å². The molecule has 5 nitrogen and oxygen atoms in total. The Morgan fingerprint density at radius 2 is 1.76 bits per heavy atom. The van der Waals surface area contributed by atoms with Gasteiger partial charge in [-0.3, -0.25) is 4.90 Å². The number of hydrogen-bond acceptors (Lipinski definition) is 4. The molecule has 1 unspecified atom stereocenters. The van der Waals surface area contributed by atoms with E-state index in [1.165, 1.54) is 25.7 Å². The molecule has 0 aromatic heterocycles. The van der Waals surface area contributed by atoms with Crippen molar-refractivity contribution in [3.05, 3.63) is 29.8 Å². The van der Waals surface area contributed by atoms with Crippen molar-refractivity contribution in [3.8, 4) is 0 Å². The van der Waals surface area contributed by atoms with Gasteiger partial charge in [-0.05, 0) is 50.8 Å². The lowest BCUT2D eigenvalue weighted by Gasteiger charge is -2.20.